The van der Waals surface area contributed by atoms with Gasteiger partial charge in [0.2, 0.25) is 0 Å². The van der Waals surface area contributed by atoms with Crippen LogP contribution < -0.4 is 10.6 Å². The molecule has 0 aromatic carbocycles. The van der Waals surface area contributed by atoms with Gasteiger partial charge in [-0.1, -0.05) is 19.0 Å². The molecular weight excluding hydrogens is 258 g/mol. The first-order valence-electron chi connectivity index (χ1n) is 6.60. The number of nitrogens with two attached hydrogens (primary N) is 1. The smallest absolute Gasteiger partial charge is 0.140 e. The molecule has 0 atom stereocenters. The second-order valence-electron chi connectivity index (χ2n) is 4.78. The molecule has 1 heterocycles. The van der Waals surface area contributed by atoms with Crippen molar-refractivity contribution in [2.75, 3.05) is 31.7 Å². The number of hydrogen-bond acceptors (Lipinski definition) is 6. The van der Waals surface area contributed by atoms with E-state index in [1.807, 2.05) is 11.0 Å². The van der Waals surface area contributed by atoms with Gasteiger partial charge in [-0.2, -0.15) is 0 Å². The number of anilines is 1. The van der Waals surface area contributed by atoms with E-state index in [-0.39, 0.29) is 5.84 Å². The van der Waals surface area contributed by atoms with Gasteiger partial charge in [-0.15, -0.1) is 0 Å². The van der Waals surface area contributed by atoms with Gasteiger partial charge in [0.15, 0.2) is 0 Å². The first-order chi connectivity index (χ1) is 9.58. The minimum absolute atomic E-state index is 0.200. The molecule has 3 N–H and O–H groups in total. The molecule has 0 spiro atoms. The molecule has 0 amide bonds. The Morgan fingerprint density at radius 1 is 1.45 bits per heavy atom. The molecule has 0 aliphatic carbocycles. The van der Waals surface area contributed by atoms with Crippen LogP contribution in [0.15, 0.2) is 17.5 Å². The van der Waals surface area contributed by atoms with Crippen molar-refractivity contribution in [1.82, 2.24) is 9.97 Å². The Kier molecular flexibility index (Phi) is 6.72. The van der Waals surface area contributed by atoms with Gasteiger partial charge in [0, 0.05) is 38.4 Å². The fraction of sp³-hybridized carbons (Fsp3) is 0.615. The number of nitrogens with zero attached hydrogens (tertiary/aromatic N) is 4. The van der Waals surface area contributed by atoms with E-state index in [2.05, 4.69) is 29.0 Å². The van der Waals surface area contributed by atoms with Crippen molar-refractivity contribution in [2.45, 2.75) is 26.2 Å². The molecule has 0 fully saturated rings. The number of rotatable bonds is 8. The lowest BCUT2D eigenvalue weighted by atomic mass is 10.1. The lowest BCUT2D eigenvalue weighted by Gasteiger charge is -2.23. The highest BCUT2D eigenvalue weighted by molar-refractivity contribution is 5.80. The van der Waals surface area contributed by atoms with Crippen LogP contribution in [0.1, 0.15) is 31.9 Å². The van der Waals surface area contributed by atoms with Crippen molar-refractivity contribution < 1.29 is 9.94 Å². The zero-order chi connectivity index (χ0) is 15.0. The van der Waals surface area contributed by atoms with Gasteiger partial charge >= 0.3 is 0 Å². The van der Waals surface area contributed by atoms with E-state index >= 15 is 0 Å². The lowest BCUT2D eigenvalue weighted by Crippen LogP contribution is -2.32. The predicted molar refractivity (Wildman–Crippen MR) is 78.2 cm³/mol. The molecule has 0 radical (unpaired) electrons. The van der Waals surface area contributed by atoms with Crippen molar-refractivity contribution in [1.29, 1.82) is 0 Å². The fourth-order valence-corrected chi connectivity index (χ4v) is 1.69. The first-order valence-corrected chi connectivity index (χ1v) is 6.60. The number of amidine groups is 1. The SMILES string of the molecule is COCCN(CCC(N)=NO)c1cc(C(C)C)ncn1. The summed E-state index contributed by atoms with van der Waals surface area (Å²) in [5, 5.41) is 11.6. The molecule has 7 nitrogen and oxygen atoms in total. The maximum absolute atomic E-state index is 8.61. The quantitative estimate of drug-likeness (QED) is 0.321. The third-order valence-electron chi connectivity index (χ3n) is 2.92. The fourth-order valence-electron chi connectivity index (χ4n) is 1.69. The van der Waals surface area contributed by atoms with Gasteiger partial charge in [0.25, 0.3) is 0 Å². The molecule has 112 valence electrons. The molecule has 0 saturated heterocycles. The topological polar surface area (TPSA) is 96.9 Å². The monoisotopic (exact) mass is 281 g/mol. The second-order valence-corrected chi connectivity index (χ2v) is 4.78. The molecule has 1 aromatic rings. The Morgan fingerprint density at radius 3 is 2.80 bits per heavy atom. The highest BCUT2D eigenvalue weighted by atomic mass is 16.5. The second kappa shape index (κ2) is 8.31. The third kappa shape index (κ3) is 5.00. The molecule has 7 heteroatoms. The molecule has 0 bridgehead atoms. The highest BCUT2D eigenvalue weighted by Gasteiger charge is 2.11. The zero-order valence-electron chi connectivity index (χ0n) is 12.3. The van der Waals surface area contributed by atoms with Gasteiger partial charge in [-0.3, -0.25) is 0 Å². The minimum Gasteiger partial charge on any atom is -0.409 e. The summed E-state index contributed by atoms with van der Waals surface area (Å²) in [7, 11) is 1.65. The van der Waals surface area contributed by atoms with Crippen molar-refractivity contribution in [3.05, 3.63) is 18.1 Å². The van der Waals surface area contributed by atoms with E-state index in [0.29, 0.717) is 32.0 Å². The average molecular weight is 281 g/mol. The van der Waals surface area contributed by atoms with Crippen LogP contribution in [0.5, 0.6) is 0 Å². The van der Waals surface area contributed by atoms with Crippen molar-refractivity contribution in [3.8, 4) is 0 Å². The van der Waals surface area contributed by atoms with E-state index in [4.69, 9.17) is 15.7 Å². The number of oxime groups is 1. The summed E-state index contributed by atoms with van der Waals surface area (Å²) in [4.78, 5) is 10.6. The Balaban J connectivity index is 2.83. The van der Waals surface area contributed by atoms with Gasteiger partial charge in [0.1, 0.15) is 18.0 Å². The van der Waals surface area contributed by atoms with E-state index in [0.717, 1.165) is 11.5 Å². The van der Waals surface area contributed by atoms with Crippen LogP contribution in [-0.4, -0.2) is 47.8 Å². The predicted octanol–water partition coefficient (Wildman–Crippen LogP) is 1.19. The zero-order valence-corrected chi connectivity index (χ0v) is 12.3. The van der Waals surface area contributed by atoms with Crippen LogP contribution in [0, 0.1) is 0 Å². The summed E-state index contributed by atoms with van der Waals surface area (Å²) >= 11 is 0. The molecule has 0 unspecified atom stereocenters. The van der Waals surface area contributed by atoms with Crippen LogP contribution in [0.4, 0.5) is 5.82 Å². The summed E-state index contributed by atoms with van der Waals surface area (Å²) in [6.07, 6.45) is 2.02. The number of ether oxygens (including phenoxy) is 1. The summed E-state index contributed by atoms with van der Waals surface area (Å²) in [5.74, 6) is 1.36. The van der Waals surface area contributed by atoms with Crippen LogP contribution >= 0.6 is 0 Å². The molecule has 0 aliphatic rings. The van der Waals surface area contributed by atoms with E-state index in [1.54, 1.807) is 13.4 Å². The summed E-state index contributed by atoms with van der Waals surface area (Å²) < 4.78 is 5.11. The Bertz CT molecular complexity index is 437. The van der Waals surface area contributed by atoms with E-state index in [9.17, 15) is 0 Å². The van der Waals surface area contributed by atoms with Gasteiger partial charge in [-0.05, 0) is 5.92 Å². The van der Waals surface area contributed by atoms with Gasteiger partial charge in [0.05, 0.1) is 6.61 Å². The van der Waals surface area contributed by atoms with Crippen molar-refractivity contribution in [3.63, 3.8) is 0 Å². The molecule has 20 heavy (non-hydrogen) atoms. The van der Waals surface area contributed by atoms with Gasteiger partial charge < -0.3 is 20.6 Å². The third-order valence-corrected chi connectivity index (χ3v) is 2.92. The van der Waals surface area contributed by atoms with Gasteiger partial charge in [-0.25, -0.2) is 9.97 Å². The van der Waals surface area contributed by atoms with Crippen LogP contribution in [0.2, 0.25) is 0 Å². The molecular formula is C13H23N5O2. The molecule has 1 aromatic heterocycles. The molecule has 1 rings (SSSR count). The van der Waals surface area contributed by atoms with Crippen molar-refractivity contribution >= 4 is 11.7 Å². The standard InChI is InChI=1S/C13H23N5O2/c1-10(2)11-8-13(16-9-15-11)18(6-7-20-3)5-4-12(14)17-19/h8-10,19H,4-7H2,1-3H3,(H2,14,17). The normalized spacial score (nSPS) is 11.9. The maximum atomic E-state index is 8.61. The summed E-state index contributed by atoms with van der Waals surface area (Å²) in [5.41, 5.74) is 6.50. The Morgan fingerprint density at radius 2 is 2.20 bits per heavy atom. The summed E-state index contributed by atoms with van der Waals surface area (Å²) in [6.45, 7) is 6.04. The Labute approximate surface area is 119 Å². The van der Waals surface area contributed by atoms with Crippen LogP contribution in [-0.2, 0) is 4.74 Å². The number of methoxy groups -OCH3 is 1. The first kappa shape index (κ1) is 16.2. The number of aromatic nitrogens is 2. The summed E-state index contributed by atoms with van der Waals surface area (Å²) in [6, 6.07) is 1.96. The lowest BCUT2D eigenvalue weighted by molar-refractivity contribution is 0.205. The largest absolute Gasteiger partial charge is 0.409 e. The number of hydrogen-bond donors (Lipinski definition) is 2. The molecule has 0 aliphatic heterocycles. The average Bonchev–Trinajstić information content (AvgIpc) is 2.47. The maximum Gasteiger partial charge on any atom is 0.140 e. The minimum atomic E-state index is 0.200. The molecule has 0 saturated carbocycles. The Hall–Kier alpha value is -1.89. The van der Waals surface area contributed by atoms with Crippen molar-refractivity contribution in [2.24, 2.45) is 10.9 Å². The highest BCUT2D eigenvalue weighted by Crippen LogP contribution is 2.17. The van der Waals surface area contributed by atoms with Crippen LogP contribution in [0.3, 0.4) is 0 Å². The van der Waals surface area contributed by atoms with E-state index in [1.165, 1.54) is 0 Å². The van der Waals surface area contributed by atoms with Crippen LogP contribution in [0.25, 0.3) is 0 Å². The van der Waals surface area contributed by atoms with E-state index < -0.39 is 0 Å².